The molecule has 0 unspecified atom stereocenters. The number of aromatic nitrogens is 1. The van der Waals surface area contributed by atoms with Crippen LogP contribution in [0.2, 0.25) is 0 Å². The molecule has 1 fully saturated rings. The normalized spacial score (nSPS) is 13.9. The van der Waals surface area contributed by atoms with Gasteiger partial charge in [0, 0.05) is 11.7 Å². The van der Waals surface area contributed by atoms with Crippen molar-refractivity contribution in [2.75, 3.05) is 13.2 Å². The lowest BCUT2D eigenvalue weighted by Crippen LogP contribution is -2.45. The number of ether oxygens (including phenoxy) is 2. The fourth-order valence-corrected chi connectivity index (χ4v) is 3.12. The van der Waals surface area contributed by atoms with Crippen molar-refractivity contribution >= 4 is 23.9 Å². The topological polar surface area (TPSA) is 127 Å². The molecule has 1 heterocycles. The van der Waals surface area contributed by atoms with E-state index < -0.39 is 30.5 Å². The predicted molar refractivity (Wildman–Crippen MR) is 95.4 cm³/mol. The summed E-state index contributed by atoms with van der Waals surface area (Å²) in [4.78, 5) is 50.5. The fourth-order valence-electron chi connectivity index (χ4n) is 3.12. The lowest BCUT2D eigenvalue weighted by atomic mass is 10.1. The van der Waals surface area contributed by atoms with Gasteiger partial charge in [0.05, 0.1) is 12.2 Å². The van der Waals surface area contributed by atoms with E-state index in [0.717, 1.165) is 25.7 Å². The number of esters is 2. The summed E-state index contributed by atoms with van der Waals surface area (Å²) in [5.74, 6) is -2.06. The minimum Gasteiger partial charge on any atom is -0.461 e. The molecule has 1 aromatic rings. The maximum Gasteiger partial charge on any atom is 0.355 e. The zero-order chi connectivity index (χ0) is 20.0. The lowest BCUT2D eigenvalue weighted by molar-refractivity contribution is -0.123. The van der Waals surface area contributed by atoms with Gasteiger partial charge >= 0.3 is 18.0 Å². The molecule has 9 heteroatoms. The molecule has 0 atom stereocenters. The van der Waals surface area contributed by atoms with Crippen molar-refractivity contribution < 1.29 is 28.7 Å². The summed E-state index contributed by atoms with van der Waals surface area (Å²) in [7, 11) is 0. The van der Waals surface area contributed by atoms with Crippen LogP contribution >= 0.6 is 0 Å². The van der Waals surface area contributed by atoms with Gasteiger partial charge in [-0.1, -0.05) is 12.8 Å². The quantitative estimate of drug-likeness (QED) is 0.646. The van der Waals surface area contributed by atoms with Crippen LogP contribution in [0.25, 0.3) is 0 Å². The van der Waals surface area contributed by atoms with Gasteiger partial charge in [-0.05, 0) is 39.2 Å². The SMILES string of the molecule is CCOC(=O)c1[nH]c(C)c(C(=O)OCC(=O)NC(=O)NC2CCCC2)c1C. The maximum absolute atomic E-state index is 12.3. The van der Waals surface area contributed by atoms with Crippen LogP contribution < -0.4 is 10.6 Å². The van der Waals surface area contributed by atoms with Gasteiger partial charge in [-0.2, -0.15) is 0 Å². The summed E-state index contributed by atoms with van der Waals surface area (Å²) in [5.41, 5.74) is 1.15. The molecule has 3 amide bonds. The standard InChI is InChI=1S/C18H25N3O6/c1-4-26-17(24)15-10(2)14(11(3)19-15)16(23)27-9-13(22)21-18(25)20-12-7-5-6-8-12/h12,19H,4-9H2,1-3H3,(H2,20,21,22,25). The molecule has 0 saturated heterocycles. The van der Waals surface area contributed by atoms with Gasteiger partial charge in [-0.15, -0.1) is 0 Å². The van der Waals surface area contributed by atoms with E-state index in [1.54, 1.807) is 20.8 Å². The Labute approximate surface area is 157 Å². The first-order valence-electron chi connectivity index (χ1n) is 8.97. The van der Waals surface area contributed by atoms with Gasteiger partial charge < -0.3 is 19.8 Å². The van der Waals surface area contributed by atoms with Crippen LogP contribution in [-0.2, 0) is 14.3 Å². The molecule has 0 aromatic carbocycles. The van der Waals surface area contributed by atoms with Crippen LogP contribution in [0.15, 0.2) is 0 Å². The largest absolute Gasteiger partial charge is 0.461 e. The van der Waals surface area contributed by atoms with Crippen molar-refractivity contribution in [3.63, 3.8) is 0 Å². The second-order valence-electron chi connectivity index (χ2n) is 6.42. The number of carbonyl (C=O) groups excluding carboxylic acids is 4. The van der Waals surface area contributed by atoms with E-state index in [1.165, 1.54) is 0 Å². The fraction of sp³-hybridized carbons (Fsp3) is 0.556. The highest BCUT2D eigenvalue weighted by Crippen LogP contribution is 2.20. The molecule has 1 aliphatic rings. The number of nitrogens with one attached hydrogen (secondary N) is 3. The number of aromatic amines is 1. The maximum atomic E-state index is 12.3. The van der Waals surface area contributed by atoms with E-state index >= 15 is 0 Å². The molecule has 1 aromatic heterocycles. The number of rotatable bonds is 6. The number of H-pyrrole nitrogens is 1. The third-order valence-electron chi connectivity index (χ3n) is 4.40. The van der Waals surface area contributed by atoms with E-state index in [2.05, 4.69) is 15.6 Å². The Balaban J connectivity index is 1.88. The number of imide groups is 1. The molecule has 1 aliphatic carbocycles. The van der Waals surface area contributed by atoms with Crippen molar-refractivity contribution in [1.29, 1.82) is 0 Å². The summed E-state index contributed by atoms with van der Waals surface area (Å²) in [5, 5.41) is 4.84. The van der Waals surface area contributed by atoms with Gasteiger partial charge in [-0.3, -0.25) is 10.1 Å². The van der Waals surface area contributed by atoms with Crippen molar-refractivity contribution in [3.8, 4) is 0 Å². The third-order valence-corrected chi connectivity index (χ3v) is 4.40. The zero-order valence-electron chi connectivity index (χ0n) is 15.8. The lowest BCUT2D eigenvalue weighted by Gasteiger charge is -2.12. The van der Waals surface area contributed by atoms with Crippen LogP contribution in [-0.4, -0.2) is 48.1 Å². The Kier molecular flexibility index (Phi) is 6.98. The molecule has 0 radical (unpaired) electrons. The number of urea groups is 1. The van der Waals surface area contributed by atoms with E-state index in [4.69, 9.17) is 9.47 Å². The average molecular weight is 379 g/mol. The number of hydrogen-bond donors (Lipinski definition) is 3. The van der Waals surface area contributed by atoms with Crippen molar-refractivity contribution in [2.24, 2.45) is 0 Å². The Hall–Kier alpha value is -2.84. The Bertz CT molecular complexity index is 734. The molecule has 9 nitrogen and oxygen atoms in total. The summed E-state index contributed by atoms with van der Waals surface area (Å²) < 4.78 is 9.89. The van der Waals surface area contributed by atoms with E-state index in [9.17, 15) is 19.2 Å². The van der Waals surface area contributed by atoms with Crippen LogP contribution in [0.1, 0.15) is 64.7 Å². The smallest absolute Gasteiger partial charge is 0.355 e. The molecule has 0 spiro atoms. The monoisotopic (exact) mass is 379 g/mol. The first-order chi connectivity index (χ1) is 12.8. The van der Waals surface area contributed by atoms with Crippen molar-refractivity contribution in [2.45, 2.75) is 52.5 Å². The summed E-state index contributed by atoms with van der Waals surface area (Å²) >= 11 is 0. The minimum absolute atomic E-state index is 0.0757. The molecular weight excluding hydrogens is 354 g/mol. The van der Waals surface area contributed by atoms with Crippen LogP contribution in [0.4, 0.5) is 4.79 Å². The summed E-state index contributed by atoms with van der Waals surface area (Å²) in [6.07, 6.45) is 3.90. The van der Waals surface area contributed by atoms with Crippen molar-refractivity contribution in [3.05, 3.63) is 22.5 Å². The molecule has 148 valence electrons. The molecule has 0 bridgehead atoms. The second kappa shape index (κ2) is 9.20. The Morgan fingerprint density at radius 3 is 2.37 bits per heavy atom. The highest BCUT2D eigenvalue weighted by molar-refractivity contribution is 6.00. The zero-order valence-corrected chi connectivity index (χ0v) is 15.8. The van der Waals surface area contributed by atoms with Crippen LogP contribution in [0, 0.1) is 13.8 Å². The van der Waals surface area contributed by atoms with Crippen molar-refractivity contribution in [1.82, 2.24) is 15.6 Å². The second-order valence-corrected chi connectivity index (χ2v) is 6.42. The number of aryl methyl sites for hydroxylation is 1. The number of carbonyl (C=O) groups is 4. The molecule has 1 saturated carbocycles. The number of hydrogen-bond acceptors (Lipinski definition) is 6. The highest BCUT2D eigenvalue weighted by atomic mass is 16.5. The molecular formula is C18H25N3O6. The van der Waals surface area contributed by atoms with E-state index in [1.807, 2.05) is 0 Å². The first kappa shape index (κ1) is 20.5. The van der Waals surface area contributed by atoms with Gasteiger partial charge in [-0.25, -0.2) is 14.4 Å². The Morgan fingerprint density at radius 2 is 1.74 bits per heavy atom. The van der Waals surface area contributed by atoms with Crippen LogP contribution in [0.3, 0.4) is 0 Å². The predicted octanol–water partition coefficient (Wildman–Crippen LogP) is 1.73. The number of amides is 3. The summed E-state index contributed by atoms with van der Waals surface area (Å²) in [6.45, 7) is 4.48. The molecule has 27 heavy (non-hydrogen) atoms. The molecule has 0 aliphatic heterocycles. The van der Waals surface area contributed by atoms with Gasteiger partial charge in [0.1, 0.15) is 5.69 Å². The first-order valence-corrected chi connectivity index (χ1v) is 8.97. The Morgan fingerprint density at radius 1 is 1.07 bits per heavy atom. The molecule has 2 rings (SSSR count). The van der Waals surface area contributed by atoms with E-state index in [-0.39, 0.29) is 23.9 Å². The van der Waals surface area contributed by atoms with Gasteiger partial charge in [0.25, 0.3) is 5.91 Å². The summed E-state index contributed by atoms with van der Waals surface area (Å²) in [6, 6.07) is -0.520. The van der Waals surface area contributed by atoms with E-state index in [0.29, 0.717) is 11.3 Å². The average Bonchev–Trinajstić information content (AvgIpc) is 3.20. The molecule has 3 N–H and O–H groups in total. The van der Waals surface area contributed by atoms with Gasteiger partial charge in [0.15, 0.2) is 6.61 Å². The highest BCUT2D eigenvalue weighted by Gasteiger charge is 2.24. The third kappa shape index (κ3) is 5.32. The van der Waals surface area contributed by atoms with Gasteiger partial charge in [0.2, 0.25) is 0 Å². The van der Waals surface area contributed by atoms with Crippen LogP contribution in [0.5, 0.6) is 0 Å². The minimum atomic E-state index is -0.761.